The number of hydrogen-bond donors (Lipinski definition) is 2. The van der Waals surface area contributed by atoms with E-state index in [1.165, 1.54) is 4.31 Å². The smallest absolute Gasteiger partial charge is 0.279 e. The maximum atomic E-state index is 11.9. The number of rotatable bonds is 9. The molecule has 0 unspecified atom stereocenters. The summed E-state index contributed by atoms with van der Waals surface area (Å²) in [5.74, 6) is 0. The Bertz CT molecular complexity index is 354. The van der Waals surface area contributed by atoms with Crippen LogP contribution in [-0.2, 0) is 14.9 Å². The number of unbranched alkanes of at least 4 members (excludes halogenated alkanes) is 1. The Morgan fingerprint density at radius 3 is 2.55 bits per heavy atom. The second-order valence-corrected chi connectivity index (χ2v) is 7.34. The van der Waals surface area contributed by atoms with Crippen LogP contribution in [0.4, 0.5) is 0 Å². The fraction of sp³-hybridized carbons (Fsp3) is 1.00. The van der Waals surface area contributed by atoms with E-state index in [9.17, 15) is 8.42 Å². The minimum atomic E-state index is -3.36. The van der Waals surface area contributed by atoms with Gasteiger partial charge in [-0.3, -0.25) is 0 Å². The second kappa shape index (κ2) is 8.94. The van der Waals surface area contributed by atoms with Gasteiger partial charge in [0.15, 0.2) is 0 Å². The molecule has 0 aromatic heterocycles. The minimum Gasteiger partial charge on any atom is -0.377 e. The first-order valence-electron chi connectivity index (χ1n) is 7.53. The first-order chi connectivity index (χ1) is 9.45. The zero-order valence-corrected chi connectivity index (χ0v) is 13.5. The van der Waals surface area contributed by atoms with Crippen LogP contribution in [0.3, 0.4) is 0 Å². The molecule has 120 valence electrons. The van der Waals surface area contributed by atoms with Crippen molar-refractivity contribution in [2.24, 2.45) is 5.73 Å². The lowest BCUT2D eigenvalue weighted by molar-refractivity contribution is 0.0286. The predicted octanol–water partition coefficient (Wildman–Crippen LogP) is 0.839. The highest BCUT2D eigenvalue weighted by Crippen LogP contribution is 2.19. The summed E-state index contributed by atoms with van der Waals surface area (Å²) in [5, 5.41) is 0. The molecule has 1 saturated carbocycles. The number of hydrogen-bond acceptors (Lipinski definition) is 4. The van der Waals surface area contributed by atoms with Crippen molar-refractivity contribution in [2.45, 2.75) is 57.6 Å². The summed E-state index contributed by atoms with van der Waals surface area (Å²) < 4.78 is 33.4. The van der Waals surface area contributed by atoms with Crippen molar-refractivity contribution in [3.8, 4) is 0 Å². The molecule has 0 aliphatic heterocycles. The van der Waals surface area contributed by atoms with Crippen molar-refractivity contribution in [3.63, 3.8) is 0 Å². The van der Waals surface area contributed by atoms with Crippen LogP contribution in [0.15, 0.2) is 0 Å². The van der Waals surface area contributed by atoms with Gasteiger partial charge in [-0.15, -0.1) is 0 Å². The third kappa shape index (κ3) is 6.49. The van der Waals surface area contributed by atoms with E-state index < -0.39 is 10.2 Å². The number of ether oxygens (including phenoxy) is 1. The van der Waals surface area contributed by atoms with Crippen LogP contribution in [0.25, 0.3) is 0 Å². The first-order valence-corrected chi connectivity index (χ1v) is 8.97. The summed E-state index contributed by atoms with van der Waals surface area (Å²) >= 11 is 0. The molecular formula is C13H29N3O3S. The molecule has 20 heavy (non-hydrogen) atoms. The summed E-state index contributed by atoms with van der Waals surface area (Å²) in [5.41, 5.74) is 5.83. The Morgan fingerprint density at radius 1 is 1.30 bits per heavy atom. The monoisotopic (exact) mass is 307 g/mol. The lowest BCUT2D eigenvalue weighted by atomic mass is 9.94. The van der Waals surface area contributed by atoms with Crippen LogP contribution in [0.5, 0.6) is 0 Å². The number of nitrogens with zero attached hydrogens (tertiary/aromatic N) is 1. The van der Waals surface area contributed by atoms with Crippen LogP contribution in [0, 0.1) is 0 Å². The lowest BCUT2D eigenvalue weighted by Gasteiger charge is -2.26. The Balaban J connectivity index is 2.16. The highest BCUT2D eigenvalue weighted by Gasteiger charge is 2.19. The zero-order chi connectivity index (χ0) is 15.0. The summed E-state index contributed by atoms with van der Waals surface area (Å²) in [6.45, 7) is 3.33. The van der Waals surface area contributed by atoms with E-state index in [1.807, 2.05) is 6.92 Å². The summed E-state index contributed by atoms with van der Waals surface area (Å²) in [6.07, 6.45) is 6.03. The summed E-state index contributed by atoms with van der Waals surface area (Å²) in [4.78, 5) is 0. The van der Waals surface area contributed by atoms with Gasteiger partial charge in [-0.05, 0) is 32.1 Å². The summed E-state index contributed by atoms with van der Waals surface area (Å²) in [7, 11) is -1.76. The fourth-order valence-electron chi connectivity index (χ4n) is 2.26. The molecular weight excluding hydrogens is 278 g/mol. The molecule has 1 fully saturated rings. The van der Waals surface area contributed by atoms with Crippen LogP contribution in [0.1, 0.15) is 45.4 Å². The molecule has 6 nitrogen and oxygen atoms in total. The van der Waals surface area contributed by atoms with Gasteiger partial charge in [0.25, 0.3) is 10.2 Å². The standard InChI is InChI=1S/C13H29N3O3S/c1-3-4-10-16(2)20(17,18)15-9-11-19-13-7-5-12(14)6-8-13/h12-13,15H,3-11,14H2,1-2H3. The Labute approximate surface area is 123 Å². The maximum absolute atomic E-state index is 11.9. The second-order valence-electron chi connectivity index (χ2n) is 5.48. The van der Waals surface area contributed by atoms with Crippen molar-refractivity contribution in [1.82, 2.24) is 9.03 Å². The van der Waals surface area contributed by atoms with Crippen LogP contribution >= 0.6 is 0 Å². The Kier molecular flexibility index (Phi) is 7.98. The lowest BCUT2D eigenvalue weighted by Crippen LogP contribution is -2.40. The molecule has 0 aromatic rings. The topological polar surface area (TPSA) is 84.7 Å². The number of nitrogens with one attached hydrogen (secondary N) is 1. The molecule has 0 amide bonds. The van der Waals surface area contributed by atoms with Gasteiger partial charge in [-0.1, -0.05) is 13.3 Å². The maximum Gasteiger partial charge on any atom is 0.279 e. The number of nitrogens with two attached hydrogens (primary N) is 1. The molecule has 0 atom stereocenters. The van der Waals surface area contributed by atoms with Gasteiger partial charge in [0.1, 0.15) is 0 Å². The minimum absolute atomic E-state index is 0.233. The average Bonchev–Trinajstić information content (AvgIpc) is 2.42. The average molecular weight is 307 g/mol. The Morgan fingerprint density at radius 2 is 1.95 bits per heavy atom. The van der Waals surface area contributed by atoms with Crippen molar-refractivity contribution >= 4 is 10.2 Å². The fourth-order valence-corrected chi connectivity index (χ4v) is 3.19. The van der Waals surface area contributed by atoms with Crippen molar-refractivity contribution in [3.05, 3.63) is 0 Å². The third-order valence-electron chi connectivity index (χ3n) is 3.70. The molecule has 0 heterocycles. The van der Waals surface area contributed by atoms with Gasteiger partial charge < -0.3 is 10.5 Å². The van der Waals surface area contributed by atoms with Gasteiger partial charge in [-0.2, -0.15) is 17.4 Å². The van der Waals surface area contributed by atoms with Crippen LogP contribution in [-0.4, -0.2) is 51.6 Å². The highest BCUT2D eigenvalue weighted by atomic mass is 32.2. The first kappa shape index (κ1) is 17.8. The summed E-state index contributed by atoms with van der Waals surface area (Å²) in [6, 6.07) is 0.306. The SMILES string of the molecule is CCCCN(C)S(=O)(=O)NCCOC1CCC(N)CC1. The van der Waals surface area contributed by atoms with Gasteiger partial charge in [0.05, 0.1) is 12.7 Å². The van der Waals surface area contributed by atoms with Crippen LogP contribution in [0.2, 0.25) is 0 Å². The van der Waals surface area contributed by atoms with Gasteiger partial charge >= 0.3 is 0 Å². The van der Waals surface area contributed by atoms with E-state index in [-0.39, 0.29) is 6.10 Å². The molecule has 0 saturated heterocycles. The van der Waals surface area contributed by atoms with E-state index in [2.05, 4.69) is 4.72 Å². The molecule has 1 rings (SSSR count). The highest BCUT2D eigenvalue weighted by molar-refractivity contribution is 7.87. The molecule has 0 radical (unpaired) electrons. The normalized spacial score (nSPS) is 24.2. The van der Waals surface area contributed by atoms with Gasteiger partial charge in [0, 0.05) is 26.2 Å². The Hall–Kier alpha value is -0.210. The van der Waals surface area contributed by atoms with E-state index in [0.29, 0.717) is 25.7 Å². The largest absolute Gasteiger partial charge is 0.377 e. The molecule has 0 bridgehead atoms. The molecule has 0 spiro atoms. The zero-order valence-electron chi connectivity index (χ0n) is 12.7. The van der Waals surface area contributed by atoms with E-state index in [1.54, 1.807) is 7.05 Å². The van der Waals surface area contributed by atoms with Crippen LogP contribution < -0.4 is 10.5 Å². The molecule has 0 aromatic carbocycles. The van der Waals surface area contributed by atoms with E-state index in [4.69, 9.17) is 10.5 Å². The molecule has 3 N–H and O–H groups in total. The molecule has 7 heteroatoms. The van der Waals surface area contributed by atoms with Gasteiger partial charge in [-0.25, -0.2) is 0 Å². The third-order valence-corrected chi connectivity index (χ3v) is 5.27. The van der Waals surface area contributed by atoms with E-state index in [0.717, 1.165) is 38.5 Å². The van der Waals surface area contributed by atoms with Crippen molar-refractivity contribution in [1.29, 1.82) is 0 Å². The molecule has 1 aliphatic carbocycles. The van der Waals surface area contributed by atoms with Gasteiger partial charge in [0.2, 0.25) is 0 Å². The predicted molar refractivity (Wildman–Crippen MR) is 80.6 cm³/mol. The van der Waals surface area contributed by atoms with Crippen molar-refractivity contribution < 1.29 is 13.2 Å². The van der Waals surface area contributed by atoms with E-state index >= 15 is 0 Å². The quantitative estimate of drug-likeness (QED) is 0.618. The molecule has 1 aliphatic rings. The van der Waals surface area contributed by atoms with Crippen molar-refractivity contribution in [2.75, 3.05) is 26.7 Å².